The third-order valence-corrected chi connectivity index (χ3v) is 4.81. The molecule has 3 aromatic carbocycles. The summed E-state index contributed by atoms with van der Waals surface area (Å²) in [7, 11) is 1.60. The highest BCUT2D eigenvalue weighted by Gasteiger charge is 2.19. The first kappa shape index (κ1) is 18.5. The predicted octanol–water partition coefficient (Wildman–Crippen LogP) is 4.38. The van der Waals surface area contributed by atoms with Gasteiger partial charge in [-0.1, -0.05) is 36.4 Å². The highest BCUT2D eigenvalue weighted by molar-refractivity contribution is 6.06. The topological polar surface area (TPSA) is 62.4 Å². The molecule has 0 saturated carbocycles. The van der Waals surface area contributed by atoms with Crippen LogP contribution in [0.5, 0.6) is 5.75 Å². The summed E-state index contributed by atoms with van der Waals surface area (Å²) in [6.45, 7) is 0.268. The molecule has 29 heavy (non-hydrogen) atoms. The van der Waals surface area contributed by atoms with Gasteiger partial charge in [0.2, 0.25) is 5.56 Å². The maximum Gasteiger partial charge on any atom is 0.258 e. The Kier molecular flexibility index (Phi) is 5.12. The van der Waals surface area contributed by atoms with Gasteiger partial charge in [-0.25, -0.2) is 0 Å². The first-order valence-corrected chi connectivity index (χ1v) is 9.27. The fourth-order valence-electron chi connectivity index (χ4n) is 3.36. The van der Waals surface area contributed by atoms with Gasteiger partial charge >= 0.3 is 0 Å². The summed E-state index contributed by atoms with van der Waals surface area (Å²) in [5.41, 5.74) is 2.64. The molecule has 0 spiro atoms. The molecule has 4 aromatic rings. The highest BCUT2D eigenvalue weighted by Crippen LogP contribution is 2.25. The van der Waals surface area contributed by atoms with Crippen LogP contribution in [-0.2, 0) is 6.54 Å². The molecule has 0 unspecified atom stereocenters. The number of hydrogen-bond donors (Lipinski definition) is 1. The number of para-hydroxylation sites is 1. The summed E-state index contributed by atoms with van der Waals surface area (Å²) in [6.07, 6.45) is 0. The molecule has 0 aliphatic carbocycles. The van der Waals surface area contributed by atoms with E-state index < -0.39 is 0 Å². The number of pyridine rings is 1. The average Bonchev–Trinajstić information content (AvgIpc) is 2.77. The van der Waals surface area contributed by atoms with E-state index in [0.29, 0.717) is 11.3 Å². The lowest BCUT2D eigenvalue weighted by atomic mass is 10.1. The number of ether oxygens (including phenoxy) is 1. The van der Waals surface area contributed by atoms with Crippen molar-refractivity contribution >= 4 is 22.5 Å². The summed E-state index contributed by atoms with van der Waals surface area (Å²) in [4.78, 5) is 30.0. The van der Waals surface area contributed by atoms with E-state index in [4.69, 9.17) is 4.74 Å². The summed E-state index contributed by atoms with van der Waals surface area (Å²) in [5, 5.41) is 0.909. The Bertz CT molecular complexity index is 1200. The zero-order valence-corrected chi connectivity index (χ0v) is 16.0. The molecule has 4 rings (SSSR count). The zero-order valence-electron chi connectivity index (χ0n) is 16.0. The van der Waals surface area contributed by atoms with Gasteiger partial charge in [-0.2, -0.15) is 0 Å². The van der Waals surface area contributed by atoms with Gasteiger partial charge in [-0.05, 0) is 48.0 Å². The van der Waals surface area contributed by atoms with Crippen LogP contribution in [0.3, 0.4) is 0 Å². The van der Waals surface area contributed by atoms with Crippen molar-refractivity contribution in [3.05, 3.63) is 106 Å². The fourth-order valence-corrected chi connectivity index (χ4v) is 3.36. The SMILES string of the molecule is COc1ccc(N(Cc2cc(=O)[nH]c3ccccc23)C(=O)c2ccccc2)cc1. The number of amides is 1. The van der Waals surface area contributed by atoms with Gasteiger partial charge in [0.25, 0.3) is 5.91 Å². The molecule has 5 heteroatoms. The third kappa shape index (κ3) is 3.89. The molecule has 1 N–H and O–H groups in total. The minimum atomic E-state index is -0.194. The van der Waals surface area contributed by atoms with E-state index in [0.717, 1.165) is 22.2 Å². The Morgan fingerprint density at radius 2 is 1.62 bits per heavy atom. The molecular formula is C24H20N2O3. The van der Waals surface area contributed by atoms with Crippen molar-refractivity contribution in [1.29, 1.82) is 0 Å². The van der Waals surface area contributed by atoms with E-state index in [1.807, 2.05) is 66.7 Å². The van der Waals surface area contributed by atoms with Crippen molar-refractivity contribution in [1.82, 2.24) is 4.98 Å². The molecule has 0 bridgehead atoms. The lowest BCUT2D eigenvalue weighted by Gasteiger charge is -2.24. The van der Waals surface area contributed by atoms with Crippen molar-refractivity contribution in [2.24, 2.45) is 0 Å². The monoisotopic (exact) mass is 384 g/mol. The minimum Gasteiger partial charge on any atom is -0.497 e. The number of fused-ring (bicyclic) bond motifs is 1. The third-order valence-electron chi connectivity index (χ3n) is 4.81. The van der Waals surface area contributed by atoms with Gasteiger partial charge in [0.05, 0.1) is 13.7 Å². The van der Waals surface area contributed by atoms with Crippen molar-refractivity contribution in [3.63, 3.8) is 0 Å². The van der Waals surface area contributed by atoms with Gasteiger partial charge in [0.15, 0.2) is 0 Å². The van der Waals surface area contributed by atoms with E-state index >= 15 is 0 Å². The number of H-pyrrole nitrogens is 1. The van der Waals surface area contributed by atoms with Crippen LogP contribution in [0.1, 0.15) is 15.9 Å². The molecule has 5 nitrogen and oxygen atoms in total. The smallest absolute Gasteiger partial charge is 0.258 e. The zero-order chi connectivity index (χ0) is 20.2. The quantitative estimate of drug-likeness (QED) is 0.555. The summed E-state index contributed by atoms with van der Waals surface area (Å²) >= 11 is 0. The van der Waals surface area contributed by atoms with Gasteiger partial charge in [0.1, 0.15) is 5.75 Å². The van der Waals surface area contributed by atoms with Crippen LogP contribution in [0.25, 0.3) is 10.9 Å². The van der Waals surface area contributed by atoms with Gasteiger partial charge in [-0.3, -0.25) is 9.59 Å². The molecule has 0 fully saturated rings. The van der Waals surface area contributed by atoms with Crippen molar-refractivity contribution in [2.45, 2.75) is 6.54 Å². The lowest BCUT2D eigenvalue weighted by molar-refractivity contribution is 0.0985. The standard InChI is InChI=1S/C24H20N2O3/c1-29-20-13-11-19(12-14-20)26(24(28)17-7-3-2-4-8-17)16-18-15-23(27)25-22-10-6-5-9-21(18)22/h2-15H,16H2,1H3,(H,25,27). The summed E-state index contributed by atoms with van der Waals surface area (Å²) in [6, 6.07) is 25.6. The second-order valence-electron chi connectivity index (χ2n) is 6.66. The maximum atomic E-state index is 13.3. The molecule has 1 heterocycles. The molecule has 0 atom stereocenters. The predicted molar refractivity (Wildman–Crippen MR) is 115 cm³/mol. The summed E-state index contributed by atoms with van der Waals surface area (Å²) < 4.78 is 5.24. The minimum absolute atomic E-state index is 0.139. The van der Waals surface area contributed by atoms with Gasteiger partial charge in [-0.15, -0.1) is 0 Å². The Balaban J connectivity index is 1.80. The van der Waals surface area contributed by atoms with Crippen LogP contribution in [-0.4, -0.2) is 18.0 Å². The van der Waals surface area contributed by atoms with Gasteiger partial charge in [0, 0.05) is 28.2 Å². The molecule has 0 saturated heterocycles. The van der Waals surface area contributed by atoms with Crippen LogP contribution < -0.4 is 15.2 Å². The Hall–Kier alpha value is -3.86. The molecular weight excluding hydrogens is 364 g/mol. The molecule has 0 radical (unpaired) electrons. The largest absolute Gasteiger partial charge is 0.497 e. The van der Waals surface area contributed by atoms with Crippen molar-refractivity contribution in [2.75, 3.05) is 12.0 Å². The van der Waals surface area contributed by atoms with Crippen molar-refractivity contribution in [3.8, 4) is 5.75 Å². The molecule has 144 valence electrons. The van der Waals surface area contributed by atoms with Crippen molar-refractivity contribution < 1.29 is 9.53 Å². The number of rotatable bonds is 5. The van der Waals surface area contributed by atoms with E-state index in [2.05, 4.69) is 4.98 Å². The highest BCUT2D eigenvalue weighted by atomic mass is 16.5. The number of hydrogen-bond acceptors (Lipinski definition) is 3. The van der Waals surface area contributed by atoms with E-state index in [1.165, 1.54) is 0 Å². The molecule has 0 aliphatic heterocycles. The number of carbonyl (C=O) groups is 1. The fraction of sp³-hybridized carbons (Fsp3) is 0.0833. The number of aromatic amines is 1. The van der Waals surface area contributed by atoms with Crippen LogP contribution >= 0.6 is 0 Å². The van der Waals surface area contributed by atoms with Crippen LogP contribution in [0.15, 0.2) is 89.7 Å². The van der Waals surface area contributed by atoms with Crippen LogP contribution in [0.2, 0.25) is 0 Å². The van der Waals surface area contributed by atoms with Gasteiger partial charge < -0.3 is 14.6 Å². The first-order chi connectivity index (χ1) is 14.2. The molecule has 0 aliphatic rings. The molecule has 1 amide bonds. The first-order valence-electron chi connectivity index (χ1n) is 9.27. The lowest BCUT2D eigenvalue weighted by Crippen LogP contribution is -2.31. The average molecular weight is 384 g/mol. The maximum absolute atomic E-state index is 13.3. The number of methoxy groups -OCH3 is 1. The number of nitrogens with one attached hydrogen (secondary N) is 1. The summed E-state index contributed by atoms with van der Waals surface area (Å²) in [5.74, 6) is 0.572. The van der Waals surface area contributed by atoms with Crippen LogP contribution in [0.4, 0.5) is 5.69 Å². The second kappa shape index (κ2) is 8.02. The van der Waals surface area contributed by atoms with E-state index in [-0.39, 0.29) is 18.0 Å². The number of anilines is 1. The van der Waals surface area contributed by atoms with E-state index in [1.54, 1.807) is 30.2 Å². The Labute approximate surface area is 168 Å². The number of carbonyl (C=O) groups excluding carboxylic acids is 1. The number of aromatic nitrogens is 1. The number of nitrogens with zero attached hydrogens (tertiary/aromatic N) is 1. The normalized spacial score (nSPS) is 10.7. The van der Waals surface area contributed by atoms with Crippen LogP contribution in [0, 0.1) is 0 Å². The Morgan fingerprint density at radius 3 is 2.34 bits per heavy atom. The Morgan fingerprint density at radius 1 is 0.931 bits per heavy atom. The van der Waals surface area contributed by atoms with E-state index in [9.17, 15) is 9.59 Å². The molecule has 1 aromatic heterocycles. The second-order valence-corrected chi connectivity index (χ2v) is 6.66. The number of benzene rings is 3.